The molecule has 1 saturated heterocycles. The molecule has 1 unspecified atom stereocenters. The molecule has 2 amide bonds. The van der Waals surface area contributed by atoms with E-state index in [0.717, 1.165) is 11.3 Å². The maximum Gasteiger partial charge on any atom is 0.323 e. The fourth-order valence-corrected chi connectivity index (χ4v) is 2.37. The van der Waals surface area contributed by atoms with Crippen LogP contribution in [0.5, 0.6) is 5.75 Å². The van der Waals surface area contributed by atoms with E-state index in [1.807, 2.05) is 31.2 Å². The van der Waals surface area contributed by atoms with Crippen LogP contribution >= 0.6 is 0 Å². The lowest BCUT2D eigenvalue weighted by atomic mass is 10.0. The number of nitrogens with zero attached hydrogens (tertiary/aromatic N) is 1. The number of urea groups is 1. The lowest BCUT2D eigenvalue weighted by molar-refractivity contribution is 0.198. The maximum absolute atomic E-state index is 11.9. The van der Waals surface area contributed by atoms with Crippen molar-refractivity contribution in [2.45, 2.75) is 26.8 Å². The Bertz CT molecular complexity index is 496. The van der Waals surface area contributed by atoms with E-state index >= 15 is 0 Å². The molecule has 1 aromatic rings. The van der Waals surface area contributed by atoms with Gasteiger partial charge in [0, 0.05) is 6.54 Å². The van der Waals surface area contributed by atoms with Crippen molar-refractivity contribution in [2.75, 3.05) is 13.2 Å². The molecule has 2 rings (SSSR count). The van der Waals surface area contributed by atoms with Crippen LogP contribution in [-0.2, 0) is 0 Å². The van der Waals surface area contributed by atoms with Crippen molar-refractivity contribution >= 4 is 11.9 Å². The monoisotopic (exact) mass is 275 g/mol. The molecule has 0 aliphatic carbocycles. The molecule has 0 radical (unpaired) electrons. The zero-order chi connectivity index (χ0) is 14.7. The van der Waals surface area contributed by atoms with Crippen LogP contribution in [0.2, 0.25) is 0 Å². The summed E-state index contributed by atoms with van der Waals surface area (Å²) in [5.74, 6) is 1.40. The first-order chi connectivity index (χ1) is 9.52. The minimum atomic E-state index is -0.319. The number of ether oxygens (including phenoxy) is 1. The smallest absolute Gasteiger partial charge is 0.323 e. The molecular weight excluding hydrogens is 254 g/mol. The van der Waals surface area contributed by atoms with Gasteiger partial charge in [0.2, 0.25) is 0 Å². The van der Waals surface area contributed by atoms with Gasteiger partial charge < -0.3 is 9.64 Å². The van der Waals surface area contributed by atoms with Crippen LogP contribution < -0.4 is 10.1 Å². The van der Waals surface area contributed by atoms with Gasteiger partial charge in [-0.2, -0.15) is 0 Å². The van der Waals surface area contributed by atoms with Crippen LogP contribution in [0.1, 0.15) is 32.4 Å². The molecule has 5 nitrogen and oxygen atoms in total. The molecule has 1 atom stereocenters. The third kappa shape index (κ3) is 2.92. The second kappa shape index (κ2) is 5.94. The number of hydrogen-bond acceptors (Lipinski definition) is 3. The van der Waals surface area contributed by atoms with Crippen molar-refractivity contribution in [3.63, 3.8) is 0 Å². The summed E-state index contributed by atoms with van der Waals surface area (Å²) in [5.41, 5.74) is 0.928. The number of benzene rings is 1. The molecule has 1 aliphatic rings. The number of amides is 2. The van der Waals surface area contributed by atoms with E-state index in [1.54, 1.807) is 4.90 Å². The van der Waals surface area contributed by atoms with Gasteiger partial charge in [0.05, 0.1) is 6.61 Å². The highest BCUT2D eigenvalue weighted by atomic mass is 16.5. The maximum atomic E-state index is 11.9. The van der Waals surface area contributed by atoms with Crippen LogP contribution in [0, 0.1) is 11.3 Å². The number of carbonyl (C=O) groups excluding carboxylic acids is 1. The molecule has 0 saturated carbocycles. The number of carbonyl (C=O) groups is 1. The van der Waals surface area contributed by atoms with E-state index in [2.05, 4.69) is 19.2 Å². The molecule has 1 aliphatic heterocycles. The van der Waals surface area contributed by atoms with Crippen molar-refractivity contribution in [3.8, 4) is 5.75 Å². The fraction of sp³-hybridized carbons (Fsp3) is 0.467. The Morgan fingerprint density at radius 1 is 1.35 bits per heavy atom. The number of amidine groups is 1. The highest BCUT2D eigenvalue weighted by molar-refractivity contribution is 6.06. The zero-order valence-corrected chi connectivity index (χ0v) is 12.1. The molecule has 5 heteroatoms. The van der Waals surface area contributed by atoms with Crippen LogP contribution in [0.15, 0.2) is 24.3 Å². The van der Waals surface area contributed by atoms with Crippen LogP contribution in [0.3, 0.4) is 0 Å². The SMILES string of the molecule is CCOc1ccc(C2C(=N)NC(=O)N2CC(C)C)cc1. The topological polar surface area (TPSA) is 65.4 Å². The van der Waals surface area contributed by atoms with Gasteiger partial charge in [0.1, 0.15) is 17.6 Å². The predicted octanol–water partition coefficient (Wildman–Crippen LogP) is 2.78. The standard InChI is InChI=1S/C15H21N3O2/c1-4-20-12-7-5-11(6-8-12)13-14(16)17-15(19)18(13)9-10(2)3/h5-8,10,13H,4,9H2,1-3H3,(H2,16,17,19). The van der Waals surface area contributed by atoms with E-state index in [9.17, 15) is 4.79 Å². The lowest BCUT2D eigenvalue weighted by Gasteiger charge is -2.24. The summed E-state index contributed by atoms with van der Waals surface area (Å²) in [6.07, 6.45) is 0. The van der Waals surface area contributed by atoms with Crippen molar-refractivity contribution < 1.29 is 9.53 Å². The highest BCUT2D eigenvalue weighted by Crippen LogP contribution is 2.28. The van der Waals surface area contributed by atoms with Gasteiger partial charge in [-0.05, 0) is 30.5 Å². The molecule has 0 bridgehead atoms. The Kier molecular flexibility index (Phi) is 4.27. The fourth-order valence-electron chi connectivity index (χ4n) is 2.37. The molecule has 2 N–H and O–H groups in total. The summed E-state index contributed by atoms with van der Waals surface area (Å²) in [7, 11) is 0. The number of nitrogens with one attached hydrogen (secondary N) is 2. The van der Waals surface area contributed by atoms with Gasteiger partial charge in [-0.3, -0.25) is 10.7 Å². The number of hydrogen-bond donors (Lipinski definition) is 2. The normalized spacial score (nSPS) is 18.6. The summed E-state index contributed by atoms with van der Waals surface area (Å²) >= 11 is 0. The van der Waals surface area contributed by atoms with E-state index in [4.69, 9.17) is 10.1 Å². The second-order valence-corrected chi connectivity index (χ2v) is 5.29. The van der Waals surface area contributed by atoms with Crippen LogP contribution in [0.4, 0.5) is 4.79 Å². The second-order valence-electron chi connectivity index (χ2n) is 5.29. The first kappa shape index (κ1) is 14.4. The van der Waals surface area contributed by atoms with E-state index in [0.29, 0.717) is 19.1 Å². The summed E-state index contributed by atoms with van der Waals surface area (Å²) < 4.78 is 5.41. The van der Waals surface area contributed by atoms with Crippen molar-refractivity contribution in [3.05, 3.63) is 29.8 Å². The molecule has 1 heterocycles. The predicted molar refractivity (Wildman–Crippen MR) is 78.2 cm³/mol. The first-order valence-corrected chi connectivity index (χ1v) is 6.91. The van der Waals surface area contributed by atoms with Crippen LogP contribution in [0.25, 0.3) is 0 Å². The average Bonchev–Trinajstić information content (AvgIpc) is 2.65. The van der Waals surface area contributed by atoms with Gasteiger partial charge in [0.15, 0.2) is 0 Å². The number of rotatable bonds is 5. The Morgan fingerprint density at radius 2 is 2.00 bits per heavy atom. The summed E-state index contributed by atoms with van der Waals surface area (Å²) in [6.45, 7) is 7.31. The average molecular weight is 275 g/mol. The molecule has 1 aromatic carbocycles. The van der Waals surface area contributed by atoms with Gasteiger partial charge >= 0.3 is 6.03 Å². The van der Waals surface area contributed by atoms with E-state index < -0.39 is 0 Å². The zero-order valence-electron chi connectivity index (χ0n) is 12.1. The van der Waals surface area contributed by atoms with Crippen molar-refractivity contribution in [1.82, 2.24) is 10.2 Å². The van der Waals surface area contributed by atoms with Gasteiger partial charge in [-0.25, -0.2) is 4.79 Å². The molecular formula is C15H21N3O2. The third-order valence-electron chi connectivity index (χ3n) is 3.16. The van der Waals surface area contributed by atoms with Gasteiger partial charge in [-0.1, -0.05) is 26.0 Å². The lowest BCUT2D eigenvalue weighted by Crippen LogP contribution is -2.33. The Morgan fingerprint density at radius 3 is 2.55 bits per heavy atom. The quantitative estimate of drug-likeness (QED) is 0.867. The highest BCUT2D eigenvalue weighted by Gasteiger charge is 2.36. The summed E-state index contributed by atoms with van der Waals surface area (Å²) in [6, 6.07) is 7.07. The third-order valence-corrected chi connectivity index (χ3v) is 3.16. The van der Waals surface area contributed by atoms with Crippen molar-refractivity contribution in [1.29, 1.82) is 5.41 Å². The molecule has 108 valence electrons. The van der Waals surface area contributed by atoms with Crippen molar-refractivity contribution in [2.24, 2.45) is 5.92 Å². The van der Waals surface area contributed by atoms with Gasteiger partial charge in [0.25, 0.3) is 0 Å². The Labute approximate surface area is 119 Å². The summed E-state index contributed by atoms with van der Waals surface area (Å²) in [5, 5.41) is 10.6. The molecule has 20 heavy (non-hydrogen) atoms. The minimum absolute atomic E-state index is 0.192. The van der Waals surface area contributed by atoms with Crippen LogP contribution in [-0.4, -0.2) is 29.9 Å². The Hall–Kier alpha value is -2.04. The van der Waals surface area contributed by atoms with E-state index in [-0.39, 0.29) is 17.9 Å². The Balaban J connectivity index is 2.23. The summed E-state index contributed by atoms with van der Waals surface area (Å²) in [4.78, 5) is 13.6. The van der Waals surface area contributed by atoms with Gasteiger partial charge in [-0.15, -0.1) is 0 Å². The first-order valence-electron chi connectivity index (χ1n) is 6.91. The molecule has 1 fully saturated rings. The molecule has 0 spiro atoms. The minimum Gasteiger partial charge on any atom is -0.494 e. The molecule has 0 aromatic heterocycles. The van der Waals surface area contributed by atoms with E-state index in [1.165, 1.54) is 0 Å². The largest absolute Gasteiger partial charge is 0.494 e.